The smallest absolute Gasteiger partial charge is 0.326 e. The molecule has 0 saturated carbocycles. The largest absolute Gasteiger partial charge is 0.462 e. The van der Waals surface area contributed by atoms with Gasteiger partial charge in [-0.2, -0.15) is 0 Å². The molecule has 0 amide bonds. The van der Waals surface area contributed by atoms with Gasteiger partial charge in [-0.3, -0.25) is 19.1 Å². The number of hydrogen-bond acceptors (Lipinski definition) is 7. The van der Waals surface area contributed by atoms with Gasteiger partial charge in [-0.1, -0.05) is 27.2 Å². The van der Waals surface area contributed by atoms with Gasteiger partial charge in [-0.05, 0) is 50.8 Å². The zero-order chi connectivity index (χ0) is 22.2. The fourth-order valence-corrected chi connectivity index (χ4v) is 5.22. The quantitative estimate of drug-likeness (QED) is 0.365. The molecule has 0 atom stereocenters. The number of fused-ring (bicyclic) bond motifs is 3. The van der Waals surface area contributed by atoms with E-state index in [9.17, 15) is 9.59 Å². The monoisotopic (exact) mass is 449 g/mol. The molecule has 0 radical (unpaired) electrons. The molecule has 1 aliphatic rings. The zero-order valence-electron chi connectivity index (χ0n) is 19.1. The van der Waals surface area contributed by atoms with Gasteiger partial charge in [0.25, 0.3) is 5.56 Å². The Kier molecular flexibility index (Phi) is 9.04. The summed E-state index contributed by atoms with van der Waals surface area (Å²) in [5, 5.41) is 0.707. The van der Waals surface area contributed by atoms with Gasteiger partial charge in [0.2, 0.25) is 0 Å². The Hall–Kier alpha value is -1.77. The average molecular weight is 450 g/mol. The van der Waals surface area contributed by atoms with Crippen LogP contribution >= 0.6 is 11.3 Å². The van der Waals surface area contributed by atoms with E-state index in [0.717, 1.165) is 62.0 Å². The summed E-state index contributed by atoms with van der Waals surface area (Å²) in [6.07, 6.45) is 6.25. The molecule has 1 aliphatic carbocycles. The maximum atomic E-state index is 13.5. The minimum Gasteiger partial charge on any atom is -0.462 e. The third-order valence-corrected chi connectivity index (χ3v) is 7.02. The molecule has 0 aliphatic heterocycles. The molecular weight excluding hydrogens is 414 g/mol. The number of nitrogens with zero attached hydrogens (tertiary/aromatic N) is 3. The third kappa shape index (κ3) is 5.93. The molecule has 2 aromatic heterocycles. The summed E-state index contributed by atoms with van der Waals surface area (Å²) in [7, 11) is 0. The second-order valence-electron chi connectivity index (χ2n) is 7.96. The Morgan fingerprint density at radius 2 is 1.90 bits per heavy atom. The number of carbonyl (C=O) groups is 1. The maximum absolute atomic E-state index is 13.5. The van der Waals surface area contributed by atoms with E-state index in [0.29, 0.717) is 31.0 Å². The number of thiophene rings is 1. The van der Waals surface area contributed by atoms with Gasteiger partial charge in [-0.25, -0.2) is 4.98 Å². The van der Waals surface area contributed by atoms with Crippen LogP contribution < -0.4 is 5.56 Å². The van der Waals surface area contributed by atoms with Gasteiger partial charge < -0.3 is 9.47 Å². The second-order valence-corrected chi connectivity index (χ2v) is 9.04. The Bertz CT molecular complexity index is 933. The van der Waals surface area contributed by atoms with Crippen LogP contribution in [0.25, 0.3) is 10.2 Å². The normalized spacial score (nSPS) is 13.7. The number of hydrogen-bond donors (Lipinski definition) is 0. The first-order chi connectivity index (χ1) is 15.1. The van der Waals surface area contributed by atoms with Gasteiger partial charge in [0.1, 0.15) is 23.8 Å². The summed E-state index contributed by atoms with van der Waals surface area (Å²) < 4.78 is 12.3. The van der Waals surface area contributed by atoms with Crippen LogP contribution in [0.3, 0.4) is 0 Å². The van der Waals surface area contributed by atoms with Gasteiger partial charge in [0.05, 0.1) is 18.5 Å². The van der Waals surface area contributed by atoms with Crippen LogP contribution in [0.2, 0.25) is 0 Å². The van der Waals surface area contributed by atoms with E-state index in [1.807, 2.05) is 0 Å². The molecule has 0 saturated heterocycles. The number of rotatable bonds is 12. The minimum absolute atomic E-state index is 0.109. The summed E-state index contributed by atoms with van der Waals surface area (Å²) in [4.78, 5) is 35.2. The average Bonchev–Trinajstić information content (AvgIpc) is 3.15. The Morgan fingerprint density at radius 1 is 1.13 bits per heavy atom. The lowest BCUT2D eigenvalue weighted by atomic mass is 9.97. The Labute approximate surface area is 188 Å². The molecule has 2 heterocycles. The van der Waals surface area contributed by atoms with E-state index in [1.165, 1.54) is 9.44 Å². The highest BCUT2D eigenvalue weighted by atomic mass is 32.1. The molecule has 31 heavy (non-hydrogen) atoms. The van der Waals surface area contributed by atoms with Crippen LogP contribution in [0.15, 0.2) is 4.79 Å². The first-order valence-electron chi connectivity index (χ1n) is 11.6. The molecule has 7 nitrogen and oxygen atoms in total. The van der Waals surface area contributed by atoms with Crippen molar-refractivity contribution >= 4 is 27.5 Å². The SMILES string of the molecule is CCCCOCCOC(=O)Cn1c(CN(CC)CC)nc2sc3c(c2c1=O)CCCC3. The van der Waals surface area contributed by atoms with E-state index >= 15 is 0 Å². The molecule has 2 aromatic rings. The predicted octanol–water partition coefficient (Wildman–Crippen LogP) is 3.54. The van der Waals surface area contributed by atoms with Crippen molar-refractivity contribution in [3.05, 3.63) is 26.6 Å². The molecule has 0 aromatic carbocycles. The van der Waals surface area contributed by atoms with Gasteiger partial charge in [0, 0.05) is 11.5 Å². The van der Waals surface area contributed by atoms with Crippen LogP contribution in [-0.2, 0) is 40.2 Å². The van der Waals surface area contributed by atoms with Crippen molar-refractivity contribution in [3.63, 3.8) is 0 Å². The van der Waals surface area contributed by atoms with Crippen LogP contribution in [0.5, 0.6) is 0 Å². The first kappa shape index (κ1) is 23.9. The molecule has 8 heteroatoms. The van der Waals surface area contributed by atoms with Crippen molar-refractivity contribution in [2.45, 2.75) is 72.4 Å². The predicted molar refractivity (Wildman–Crippen MR) is 124 cm³/mol. The summed E-state index contributed by atoms with van der Waals surface area (Å²) in [5.74, 6) is 0.211. The second kappa shape index (κ2) is 11.7. The van der Waals surface area contributed by atoms with Crippen molar-refractivity contribution < 1.29 is 14.3 Å². The molecular formula is C23H35N3O4S. The van der Waals surface area contributed by atoms with Crippen LogP contribution in [0.1, 0.15) is 62.7 Å². The molecule has 0 bridgehead atoms. The van der Waals surface area contributed by atoms with Crippen LogP contribution in [0.4, 0.5) is 0 Å². The Morgan fingerprint density at radius 3 is 2.65 bits per heavy atom. The van der Waals surface area contributed by atoms with Gasteiger partial charge >= 0.3 is 5.97 Å². The third-order valence-electron chi connectivity index (χ3n) is 5.83. The molecule has 3 rings (SSSR count). The summed E-state index contributed by atoms with van der Waals surface area (Å²) in [5.41, 5.74) is 1.03. The lowest BCUT2D eigenvalue weighted by molar-refractivity contribution is -0.146. The number of aromatic nitrogens is 2. The molecule has 0 spiro atoms. The fraction of sp³-hybridized carbons (Fsp3) is 0.696. The highest BCUT2D eigenvalue weighted by Crippen LogP contribution is 2.33. The van der Waals surface area contributed by atoms with E-state index < -0.39 is 5.97 Å². The van der Waals surface area contributed by atoms with E-state index in [2.05, 4.69) is 25.7 Å². The molecule has 0 fully saturated rings. The lowest BCUT2D eigenvalue weighted by Gasteiger charge is -2.20. The first-order valence-corrected chi connectivity index (χ1v) is 12.4. The summed E-state index contributed by atoms with van der Waals surface area (Å²) in [6, 6.07) is 0. The van der Waals surface area contributed by atoms with Crippen LogP contribution in [0, 0.1) is 0 Å². The maximum Gasteiger partial charge on any atom is 0.326 e. The fourth-order valence-electron chi connectivity index (χ4n) is 3.95. The number of carbonyl (C=O) groups excluding carboxylic acids is 1. The highest BCUT2D eigenvalue weighted by Gasteiger charge is 2.23. The minimum atomic E-state index is -0.424. The van der Waals surface area contributed by atoms with Crippen molar-refractivity contribution in [2.24, 2.45) is 0 Å². The lowest BCUT2D eigenvalue weighted by Crippen LogP contribution is -2.33. The molecule has 172 valence electrons. The standard InChI is InChI=1S/C23H35N3O4S/c1-4-7-12-29-13-14-30-20(27)16-26-19(15-25(5-2)6-3)24-22-21(23(26)28)17-10-8-9-11-18(17)31-22/h4-16H2,1-3H3. The number of esters is 1. The topological polar surface area (TPSA) is 73.7 Å². The zero-order valence-corrected chi connectivity index (χ0v) is 19.9. The van der Waals surface area contributed by atoms with E-state index in [4.69, 9.17) is 14.5 Å². The number of ether oxygens (including phenoxy) is 2. The molecule has 0 unspecified atom stereocenters. The van der Waals surface area contributed by atoms with Gasteiger partial charge in [-0.15, -0.1) is 11.3 Å². The van der Waals surface area contributed by atoms with Crippen molar-refractivity contribution in [1.29, 1.82) is 0 Å². The number of aryl methyl sites for hydroxylation is 2. The van der Waals surface area contributed by atoms with Crippen LogP contribution in [-0.4, -0.2) is 53.3 Å². The van der Waals surface area contributed by atoms with E-state index in [-0.39, 0.29) is 18.7 Å². The summed E-state index contributed by atoms with van der Waals surface area (Å²) in [6.45, 7) is 9.65. The van der Waals surface area contributed by atoms with Gasteiger partial charge in [0.15, 0.2) is 0 Å². The molecule has 0 N–H and O–H groups in total. The highest BCUT2D eigenvalue weighted by molar-refractivity contribution is 7.18. The summed E-state index contributed by atoms with van der Waals surface area (Å²) >= 11 is 1.65. The van der Waals surface area contributed by atoms with Crippen molar-refractivity contribution in [1.82, 2.24) is 14.5 Å². The van der Waals surface area contributed by atoms with Crippen molar-refractivity contribution in [3.8, 4) is 0 Å². The van der Waals surface area contributed by atoms with E-state index in [1.54, 1.807) is 11.3 Å². The Balaban J connectivity index is 1.83. The number of unbranched alkanes of at least 4 members (excludes halogenated alkanes) is 1. The van der Waals surface area contributed by atoms with Crippen molar-refractivity contribution in [2.75, 3.05) is 32.9 Å².